The molecule has 0 spiro atoms. The molecule has 0 N–H and O–H groups in total. The third-order valence-electron chi connectivity index (χ3n) is 3.81. The van der Waals surface area contributed by atoms with Gasteiger partial charge in [-0.1, -0.05) is 0 Å². The van der Waals surface area contributed by atoms with Crippen molar-refractivity contribution in [1.82, 2.24) is 19.1 Å². The van der Waals surface area contributed by atoms with E-state index in [2.05, 4.69) is 10.1 Å². The SMILES string of the molecule is CCn1cc([C@H]2CN(S(=O)(=O)c3sc(C)nc3C)CCO2)cn1. The van der Waals surface area contributed by atoms with Crippen molar-refractivity contribution in [2.45, 2.75) is 37.6 Å². The average molecular weight is 356 g/mol. The summed E-state index contributed by atoms with van der Waals surface area (Å²) in [5.74, 6) is 0. The van der Waals surface area contributed by atoms with E-state index in [1.165, 1.54) is 15.6 Å². The maximum atomic E-state index is 12.9. The van der Waals surface area contributed by atoms with Gasteiger partial charge in [0.05, 0.1) is 29.6 Å². The van der Waals surface area contributed by atoms with E-state index in [4.69, 9.17) is 4.74 Å². The van der Waals surface area contributed by atoms with Crippen molar-refractivity contribution in [1.29, 1.82) is 0 Å². The number of thiazole rings is 1. The van der Waals surface area contributed by atoms with Gasteiger partial charge in [0.1, 0.15) is 0 Å². The first-order valence-corrected chi connectivity index (χ1v) is 9.75. The van der Waals surface area contributed by atoms with E-state index >= 15 is 0 Å². The van der Waals surface area contributed by atoms with Gasteiger partial charge in [0.25, 0.3) is 10.0 Å². The zero-order valence-electron chi connectivity index (χ0n) is 13.4. The lowest BCUT2D eigenvalue weighted by Crippen LogP contribution is -2.42. The average Bonchev–Trinajstić information content (AvgIpc) is 3.14. The number of nitrogens with zero attached hydrogens (tertiary/aromatic N) is 4. The molecule has 0 radical (unpaired) electrons. The van der Waals surface area contributed by atoms with E-state index in [1.807, 2.05) is 24.7 Å². The first-order chi connectivity index (χ1) is 10.9. The van der Waals surface area contributed by atoms with E-state index < -0.39 is 10.0 Å². The molecule has 2 aromatic rings. The Hall–Kier alpha value is -1.29. The van der Waals surface area contributed by atoms with Crippen LogP contribution in [0, 0.1) is 13.8 Å². The summed E-state index contributed by atoms with van der Waals surface area (Å²) in [6, 6.07) is 0. The topological polar surface area (TPSA) is 77.3 Å². The third kappa shape index (κ3) is 3.18. The molecular formula is C14H20N4O3S2. The van der Waals surface area contributed by atoms with Crippen LogP contribution in [-0.2, 0) is 21.3 Å². The summed E-state index contributed by atoms with van der Waals surface area (Å²) in [5.41, 5.74) is 1.47. The summed E-state index contributed by atoms with van der Waals surface area (Å²) < 4.78 is 35.1. The Labute approximate surface area is 140 Å². The van der Waals surface area contributed by atoms with Crippen molar-refractivity contribution in [2.75, 3.05) is 19.7 Å². The van der Waals surface area contributed by atoms with Crippen LogP contribution in [0.1, 0.15) is 29.3 Å². The molecule has 0 bridgehead atoms. The van der Waals surface area contributed by atoms with Crippen LogP contribution in [-0.4, -0.2) is 47.2 Å². The summed E-state index contributed by atoms with van der Waals surface area (Å²) in [7, 11) is -3.53. The number of sulfonamides is 1. The lowest BCUT2D eigenvalue weighted by Gasteiger charge is -2.31. The molecule has 126 valence electrons. The Balaban J connectivity index is 1.84. The summed E-state index contributed by atoms with van der Waals surface area (Å²) in [6.07, 6.45) is 3.36. The van der Waals surface area contributed by atoms with Crippen molar-refractivity contribution in [3.8, 4) is 0 Å². The zero-order chi connectivity index (χ0) is 16.6. The highest BCUT2D eigenvalue weighted by Gasteiger charge is 2.34. The first kappa shape index (κ1) is 16.6. The fourth-order valence-electron chi connectivity index (χ4n) is 2.63. The molecule has 1 saturated heterocycles. The molecule has 7 nitrogen and oxygen atoms in total. The molecule has 9 heteroatoms. The highest BCUT2D eigenvalue weighted by atomic mass is 32.2. The molecule has 3 heterocycles. The van der Waals surface area contributed by atoms with Gasteiger partial charge >= 0.3 is 0 Å². The molecule has 0 aliphatic carbocycles. The summed E-state index contributed by atoms with van der Waals surface area (Å²) in [6.45, 7) is 7.36. The van der Waals surface area contributed by atoms with Gasteiger partial charge < -0.3 is 4.74 Å². The van der Waals surface area contributed by atoms with Gasteiger partial charge in [-0.25, -0.2) is 13.4 Å². The molecule has 0 unspecified atom stereocenters. The second-order valence-corrected chi connectivity index (χ2v) is 8.79. The molecule has 0 saturated carbocycles. The van der Waals surface area contributed by atoms with Crippen molar-refractivity contribution < 1.29 is 13.2 Å². The van der Waals surface area contributed by atoms with Gasteiger partial charge in [-0.15, -0.1) is 11.3 Å². The predicted molar refractivity (Wildman–Crippen MR) is 86.9 cm³/mol. The number of hydrogen-bond donors (Lipinski definition) is 0. The first-order valence-electron chi connectivity index (χ1n) is 7.50. The lowest BCUT2D eigenvalue weighted by atomic mass is 10.2. The van der Waals surface area contributed by atoms with E-state index in [0.29, 0.717) is 29.6 Å². The second-order valence-electron chi connectivity index (χ2n) is 5.46. The number of ether oxygens (including phenoxy) is 1. The summed E-state index contributed by atoms with van der Waals surface area (Å²) in [4.78, 5) is 4.23. The Morgan fingerprint density at radius 3 is 2.83 bits per heavy atom. The van der Waals surface area contributed by atoms with E-state index in [9.17, 15) is 8.42 Å². The van der Waals surface area contributed by atoms with E-state index in [0.717, 1.165) is 17.1 Å². The van der Waals surface area contributed by atoms with Gasteiger partial charge in [-0.05, 0) is 20.8 Å². The summed E-state index contributed by atoms with van der Waals surface area (Å²) in [5, 5.41) is 4.99. The zero-order valence-corrected chi connectivity index (χ0v) is 15.0. The van der Waals surface area contributed by atoms with Gasteiger partial charge in [0.15, 0.2) is 4.21 Å². The Morgan fingerprint density at radius 1 is 1.43 bits per heavy atom. The van der Waals surface area contributed by atoms with Gasteiger partial charge in [0.2, 0.25) is 0 Å². The van der Waals surface area contributed by atoms with Gasteiger partial charge in [-0.3, -0.25) is 4.68 Å². The highest BCUT2D eigenvalue weighted by Crippen LogP contribution is 2.30. The number of hydrogen-bond acceptors (Lipinski definition) is 6. The molecule has 1 aliphatic heterocycles. The number of rotatable bonds is 4. The van der Waals surface area contributed by atoms with Gasteiger partial charge in [0, 0.05) is 31.4 Å². The molecule has 0 amide bonds. The third-order valence-corrected chi connectivity index (χ3v) is 7.34. The molecule has 1 aliphatic rings. The molecule has 23 heavy (non-hydrogen) atoms. The Morgan fingerprint density at radius 2 is 2.22 bits per heavy atom. The van der Waals surface area contributed by atoms with Crippen molar-refractivity contribution in [3.63, 3.8) is 0 Å². The van der Waals surface area contributed by atoms with Crippen LogP contribution in [0.15, 0.2) is 16.6 Å². The fourth-order valence-corrected chi connectivity index (χ4v) is 5.68. The van der Waals surface area contributed by atoms with Crippen LogP contribution < -0.4 is 0 Å². The van der Waals surface area contributed by atoms with Crippen molar-refractivity contribution in [2.24, 2.45) is 0 Å². The van der Waals surface area contributed by atoms with Crippen LogP contribution in [0.25, 0.3) is 0 Å². The van der Waals surface area contributed by atoms with E-state index in [-0.39, 0.29) is 6.10 Å². The molecule has 2 aromatic heterocycles. The monoisotopic (exact) mass is 356 g/mol. The fraction of sp³-hybridized carbons (Fsp3) is 0.571. The Bertz CT molecular complexity index is 797. The number of aromatic nitrogens is 3. The van der Waals surface area contributed by atoms with Crippen LogP contribution in [0.3, 0.4) is 0 Å². The largest absolute Gasteiger partial charge is 0.371 e. The maximum Gasteiger partial charge on any atom is 0.254 e. The Kier molecular flexibility index (Phi) is 4.54. The highest BCUT2D eigenvalue weighted by molar-refractivity contribution is 7.91. The van der Waals surface area contributed by atoms with Crippen LogP contribution in [0.5, 0.6) is 0 Å². The normalized spacial score (nSPS) is 20.0. The van der Waals surface area contributed by atoms with Gasteiger partial charge in [-0.2, -0.15) is 9.40 Å². The maximum absolute atomic E-state index is 12.9. The standard InChI is InChI=1S/C14H20N4O3S2/c1-4-17-8-12(7-15-17)13-9-18(5-6-21-13)23(19,20)14-10(2)16-11(3)22-14/h7-8,13H,4-6,9H2,1-3H3/t13-/m1/s1. The minimum absolute atomic E-state index is 0.284. The quantitative estimate of drug-likeness (QED) is 0.834. The minimum atomic E-state index is -3.53. The lowest BCUT2D eigenvalue weighted by molar-refractivity contribution is -0.00255. The van der Waals surface area contributed by atoms with Crippen LogP contribution >= 0.6 is 11.3 Å². The molecular weight excluding hydrogens is 336 g/mol. The van der Waals surface area contributed by atoms with Crippen LogP contribution in [0.2, 0.25) is 0 Å². The number of aryl methyl sites for hydroxylation is 3. The number of morpholine rings is 1. The van der Waals surface area contributed by atoms with Crippen molar-refractivity contribution >= 4 is 21.4 Å². The minimum Gasteiger partial charge on any atom is -0.371 e. The molecule has 3 rings (SSSR count). The molecule has 0 aromatic carbocycles. The molecule has 1 atom stereocenters. The second kappa shape index (κ2) is 6.31. The van der Waals surface area contributed by atoms with Crippen LogP contribution in [0.4, 0.5) is 0 Å². The predicted octanol–water partition coefficient (Wildman–Crippen LogP) is 1.74. The van der Waals surface area contributed by atoms with Crippen molar-refractivity contribution in [3.05, 3.63) is 28.7 Å². The van der Waals surface area contributed by atoms with E-state index in [1.54, 1.807) is 13.1 Å². The smallest absolute Gasteiger partial charge is 0.254 e. The summed E-state index contributed by atoms with van der Waals surface area (Å²) >= 11 is 1.22. The molecule has 1 fully saturated rings.